The summed E-state index contributed by atoms with van der Waals surface area (Å²) in [5.74, 6) is -0.736. The first kappa shape index (κ1) is 25.5. The summed E-state index contributed by atoms with van der Waals surface area (Å²) in [6, 6.07) is 6.33. The lowest BCUT2D eigenvalue weighted by Gasteiger charge is -2.15. The number of ether oxygens (including phenoxy) is 4. The van der Waals surface area contributed by atoms with Crippen molar-refractivity contribution in [3.05, 3.63) is 56.5 Å². The fourth-order valence-electron chi connectivity index (χ4n) is 5.25. The van der Waals surface area contributed by atoms with Crippen LogP contribution in [0.15, 0.2) is 50.5 Å². The molecule has 192 valence electrons. The normalized spacial score (nSPS) is 23.6. The van der Waals surface area contributed by atoms with Crippen LogP contribution in [-0.4, -0.2) is 50.3 Å². The molecule has 11 heteroatoms. The largest absolute Gasteiger partial charge is 0.493 e. The van der Waals surface area contributed by atoms with Crippen molar-refractivity contribution >= 4 is 55.9 Å². The monoisotopic (exact) mass is 632 g/mol. The van der Waals surface area contributed by atoms with Crippen molar-refractivity contribution < 1.29 is 33.3 Å². The molecule has 2 aromatic rings. The number of hydrogen-bond donors (Lipinski definition) is 0. The van der Waals surface area contributed by atoms with E-state index in [-0.39, 0.29) is 46.8 Å². The van der Waals surface area contributed by atoms with Crippen LogP contribution in [0.25, 0.3) is 0 Å². The summed E-state index contributed by atoms with van der Waals surface area (Å²) in [7, 11) is 4.36. The van der Waals surface area contributed by atoms with Crippen molar-refractivity contribution in [3.63, 3.8) is 0 Å². The lowest BCUT2D eigenvalue weighted by atomic mass is 9.85. The van der Waals surface area contributed by atoms with Gasteiger partial charge in [-0.05, 0) is 58.5 Å². The van der Waals surface area contributed by atoms with E-state index in [0.717, 1.165) is 11.4 Å². The van der Waals surface area contributed by atoms with Crippen LogP contribution in [0.2, 0.25) is 0 Å². The molecule has 2 aromatic carbocycles. The molecule has 0 unspecified atom stereocenters. The van der Waals surface area contributed by atoms with E-state index in [4.69, 9.17) is 18.9 Å². The molecule has 1 aliphatic heterocycles. The first-order valence-corrected chi connectivity index (χ1v) is 13.0. The minimum absolute atomic E-state index is 0.0849. The van der Waals surface area contributed by atoms with Gasteiger partial charge in [-0.3, -0.25) is 9.59 Å². The highest BCUT2D eigenvalue weighted by Gasteiger charge is 2.59. The molecule has 9 nitrogen and oxygen atoms in total. The summed E-state index contributed by atoms with van der Waals surface area (Å²) < 4.78 is 22.8. The molecule has 4 atom stereocenters. The Bertz CT molecular complexity index is 1320. The average molecular weight is 634 g/mol. The second kappa shape index (κ2) is 9.94. The van der Waals surface area contributed by atoms with Crippen molar-refractivity contribution in [2.45, 2.75) is 6.42 Å². The maximum atomic E-state index is 13.1. The molecule has 2 amide bonds. The number of carbonyl (C=O) groups is 3. The van der Waals surface area contributed by atoms with Crippen molar-refractivity contribution in [3.8, 4) is 23.0 Å². The van der Waals surface area contributed by atoms with E-state index in [9.17, 15) is 14.4 Å². The van der Waals surface area contributed by atoms with Crippen LogP contribution in [0.3, 0.4) is 0 Å². The molecule has 0 aromatic heterocycles. The SMILES string of the molecule is COc1cc(C(=O)Oc2c(Br)cc(Br)cc2C=NN2C(=O)[C@@H]3[C@H](C2=O)[C@H]2C=C[C@H]3C2)cc(OC)c1OC. The van der Waals surface area contributed by atoms with E-state index in [1.807, 2.05) is 12.2 Å². The number of benzene rings is 2. The number of nitrogens with zero attached hydrogens (tertiary/aromatic N) is 2. The van der Waals surface area contributed by atoms with Gasteiger partial charge < -0.3 is 18.9 Å². The van der Waals surface area contributed by atoms with E-state index in [1.54, 1.807) is 12.1 Å². The van der Waals surface area contributed by atoms with E-state index < -0.39 is 5.97 Å². The summed E-state index contributed by atoms with van der Waals surface area (Å²) >= 11 is 6.84. The summed E-state index contributed by atoms with van der Waals surface area (Å²) in [4.78, 5) is 39.1. The van der Waals surface area contributed by atoms with Gasteiger partial charge in [0.1, 0.15) is 0 Å². The third kappa shape index (κ3) is 4.33. The Morgan fingerprint density at radius 2 is 1.51 bits per heavy atom. The predicted molar refractivity (Wildman–Crippen MR) is 140 cm³/mol. The number of imide groups is 1. The van der Waals surface area contributed by atoms with E-state index in [2.05, 4.69) is 37.0 Å². The number of methoxy groups -OCH3 is 3. The molecule has 2 aliphatic carbocycles. The average Bonchev–Trinajstić information content (AvgIpc) is 3.57. The smallest absolute Gasteiger partial charge is 0.343 e. The minimum atomic E-state index is -0.692. The number of esters is 1. The van der Waals surface area contributed by atoms with E-state index >= 15 is 0 Å². The number of hydrazone groups is 1. The Labute approximate surface area is 229 Å². The molecule has 3 aliphatic rings. The number of rotatable bonds is 7. The lowest BCUT2D eigenvalue weighted by Crippen LogP contribution is -2.28. The summed E-state index contributed by atoms with van der Waals surface area (Å²) in [5.41, 5.74) is 0.536. The van der Waals surface area contributed by atoms with Crippen molar-refractivity contribution in [1.82, 2.24) is 5.01 Å². The Morgan fingerprint density at radius 1 is 0.919 bits per heavy atom. The molecule has 0 N–H and O–H groups in total. The van der Waals surface area contributed by atoms with Gasteiger partial charge in [-0.1, -0.05) is 28.1 Å². The van der Waals surface area contributed by atoms with Gasteiger partial charge in [0.15, 0.2) is 17.2 Å². The molecular weight excluding hydrogens is 612 g/mol. The zero-order valence-corrected chi connectivity index (χ0v) is 23.2. The maximum absolute atomic E-state index is 13.1. The van der Waals surface area contributed by atoms with Crippen molar-refractivity contribution in [2.24, 2.45) is 28.8 Å². The van der Waals surface area contributed by atoms with Gasteiger partial charge in [0.2, 0.25) is 5.75 Å². The van der Waals surface area contributed by atoms with Crippen LogP contribution < -0.4 is 18.9 Å². The van der Waals surface area contributed by atoms with Crippen LogP contribution in [0.4, 0.5) is 0 Å². The highest BCUT2D eigenvalue weighted by Crippen LogP contribution is 2.52. The minimum Gasteiger partial charge on any atom is -0.493 e. The molecule has 0 spiro atoms. The third-order valence-electron chi connectivity index (χ3n) is 6.89. The molecular formula is C26H22Br2N2O7. The Balaban J connectivity index is 1.44. The predicted octanol–water partition coefficient (Wildman–Crippen LogP) is 4.60. The number of hydrogen-bond acceptors (Lipinski definition) is 8. The zero-order valence-electron chi connectivity index (χ0n) is 20.1. The highest BCUT2D eigenvalue weighted by molar-refractivity contribution is 9.11. The number of fused-ring (bicyclic) bond motifs is 5. The van der Waals surface area contributed by atoms with Gasteiger partial charge >= 0.3 is 5.97 Å². The van der Waals surface area contributed by atoms with Gasteiger partial charge in [-0.2, -0.15) is 10.1 Å². The van der Waals surface area contributed by atoms with Crippen LogP contribution in [0.1, 0.15) is 22.3 Å². The molecule has 1 saturated carbocycles. The quantitative estimate of drug-likeness (QED) is 0.144. The van der Waals surface area contributed by atoms with Gasteiger partial charge in [-0.15, -0.1) is 0 Å². The summed E-state index contributed by atoms with van der Waals surface area (Å²) in [5, 5.41) is 5.17. The summed E-state index contributed by atoms with van der Waals surface area (Å²) in [6.07, 6.45) is 6.23. The zero-order chi connectivity index (χ0) is 26.4. The fraction of sp³-hybridized carbons (Fsp3) is 0.308. The number of halogens is 2. The van der Waals surface area contributed by atoms with Gasteiger partial charge in [0.25, 0.3) is 11.8 Å². The molecule has 1 saturated heterocycles. The Kier molecular flexibility index (Phi) is 6.84. The van der Waals surface area contributed by atoms with Gasteiger partial charge in [0.05, 0.1) is 49.4 Å². The van der Waals surface area contributed by atoms with Gasteiger partial charge in [0, 0.05) is 10.0 Å². The topological polar surface area (TPSA) is 104 Å². The molecule has 0 radical (unpaired) electrons. The number of allylic oxidation sites excluding steroid dienone is 2. The van der Waals surface area contributed by atoms with E-state index in [0.29, 0.717) is 31.8 Å². The van der Waals surface area contributed by atoms with Crippen molar-refractivity contribution in [1.29, 1.82) is 0 Å². The molecule has 5 rings (SSSR count). The highest BCUT2D eigenvalue weighted by atomic mass is 79.9. The molecule has 2 fully saturated rings. The lowest BCUT2D eigenvalue weighted by molar-refractivity contribution is -0.140. The Morgan fingerprint density at radius 3 is 2.05 bits per heavy atom. The van der Waals surface area contributed by atoms with Crippen LogP contribution in [-0.2, 0) is 9.59 Å². The third-order valence-corrected chi connectivity index (χ3v) is 7.94. The number of amides is 2. The molecule has 1 heterocycles. The first-order chi connectivity index (χ1) is 17.8. The maximum Gasteiger partial charge on any atom is 0.343 e. The van der Waals surface area contributed by atoms with Crippen LogP contribution in [0.5, 0.6) is 23.0 Å². The fourth-order valence-corrected chi connectivity index (χ4v) is 6.59. The van der Waals surface area contributed by atoms with Crippen LogP contribution >= 0.6 is 31.9 Å². The number of carbonyl (C=O) groups excluding carboxylic acids is 3. The standard InChI is InChI=1S/C26H22Br2N2O7/c1-34-18-8-14(9-19(35-2)23(18)36-3)26(33)37-22-15(7-16(27)10-17(22)28)11-29-30-24(31)20-12-4-5-13(6-12)21(20)25(30)32/h4-5,7-13,20-21H,6H2,1-3H3/t12-,13-,20-,21+/m0/s1. The van der Waals surface area contributed by atoms with Gasteiger partial charge in [-0.25, -0.2) is 4.79 Å². The second-order valence-corrected chi connectivity index (χ2v) is 10.6. The van der Waals surface area contributed by atoms with Crippen molar-refractivity contribution in [2.75, 3.05) is 21.3 Å². The van der Waals surface area contributed by atoms with E-state index in [1.165, 1.54) is 39.7 Å². The molecule has 2 bridgehead atoms. The molecule has 37 heavy (non-hydrogen) atoms. The Hall–Kier alpha value is -3.18. The van der Waals surface area contributed by atoms with Crippen LogP contribution in [0, 0.1) is 23.7 Å². The summed E-state index contributed by atoms with van der Waals surface area (Å²) in [6.45, 7) is 0. The first-order valence-electron chi connectivity index (χ1n) is 11.4. The second-order valence-electron chi connectivity index (χ2n) is 8.84.